The minimum atomic E-state index is -4.65. The summed E-state index contributed by atoms with van der Waals surface area (Å²) in [6, 6.07) is 5.06. The lowest BCUT2D eigenvalue weighted by Crippen LogP contribution is -2.48. The van der Waals surface area contributed by atoms with E-state index in [-0.39, 0.29) is 12.6 Å². The van der Waals surface area contributed by atoms with Crippen LogP contribution < -0.4 is 5.56 Å². The number of halogens is 4. The Hall–Kier alpha value is -1.23. The van der Waals surface area contributed by atoms with Crippen LogP contribution in [0.25, 0.3) is 0 Å². The van der Waals surface area contributed by atoms with Gasteiger partial charge in [0.2, 0.25) is 0 Å². The number of hydrogen-bond acceptors (Lipinski definition) is 5. The van der Waals surface area contributed by atoms with Crippen LogP contribution in [-0.2, 0) is 19.4 Å². The molecule has 0 N–H and O–H groups in total. The van der Waals surface area contributed by atoms with Gasteiger partial charge in [0.1, 0.15) is 5.56 Å². The third-order valence-corrected chi connectivity index (χ3v) is 6.71. The topological polar surface area (TPSA) is 41.4 Å². The molecule has 0 radical (unpaired) electrons. The van der Waals surface area contributed by atoms with Gasteiger partial charge in [-0.3, -0.25) is 14.6 Å². The van der Waals surface area contributed by atoms with Crippen LogP contribution in [0.15, 0.2) is 26.8 Å². The molecule has 2 fully saturated rings. The highest BCUT2D eigenvalue weighted by Crippen LogP contribution is 2.40. The summed E-state index contributed by atoms with van der Waals surface area (Å²) in [6.07, 6.45) is -2.99. The van der Waals surface area contributed by atoms with Crippen LogP contribution in [0, 0.1) is 0 Å². The summed E-state index contributed by atoms with van der Waals surface area (Å²) in [5.74, 6) is 0.0508. The van der Waals surface area contributed by atoms with Crippen LogP contribution in [0.4, 0.5) is 13.2 Å². The maximum Gasteiger partial charge on any atom is 0.421 e. The average Bonchev–Trinajstić information content (AvgIpc) is 3.40. The predicted octanol–water partition coefficient (Wildman–Crippen LogP) is 3.74. The molecule has 0 amide bonds. The van der Waals surface area contributed by atoms with Crippen LogP contribution in [0.5, 0.6) is 0 Å². The molecule has 0 bridgehead atoms. The quantitative estimate of drug-likeness (QED) is 0.658. The molecular weight excluding hydrogens is 457 g/mol. The van der Waals surface area contributed by atoms with Crippen LogP contribution in [-0.4, -0.2) is 45.8 Å². The maximum atomic E-state index is 13.3. The summed E-state index contributed by atoms with van der Waals surface area (Å²) in [6.45, 7) is 3.95. The summed E-state index contributed by atoms with van der Waals surface area (Å²) < 4.78 is 41.9. The lowest BCUT2D eigenvalue weighted by molar-refractivity contribution is -0.139. The Morgan fingerprint density at radius 3 is 2.39 bits per heavy atom. The van der Waals surface area contributed by atoms with E-state index in [1.807, 2.05) is 11.0 Å². The lowest BCUT2D eigenvalue weighted by Gasteiger charge is -2.34. The fraction of sp³-hybridized carbons (Fsp3) is 0.556. The minimum Gasteiger partial charge on any atom is -0.296 e. The van der Waals surface area contributed by atoms with E-state index in [9.17, 15) is 18.0 Å². The zero-order valence-corrected chi connectivity index (χ0v) is 17.5. The maximum absolute atomic E-state index is 13.3. The molecule has 1 saturated heterocycles. The van der Waals surface area contributed by atoms with E-state index in [1.54, 1.807) is 11.3 Å². The molecular formula is C18H20BrF3N4OS. The molecule has 4 rings (SSSR count). The second-order valence-electron chi connectivity index (χ2n) is 7.30. The monoisotopic (exact) mass is 476 g/mol. The van der Waals surface area contributed by atoms with Crippen LogP contribution in [0.1, 0.15) is 34.9 Å². The Morgan fingerprint density at radius 1 is 1.14 bits per heavy atom. The van der Waals surface area contributed by atoms with E-state index >= 15 is 0 Å². The lowest BCUT2D eigenvalue weighted by atomic mass is 10.2. The van der Waals surface area contributed by atoms with Gasteiger partial charge in [-0.1, -0.05) is 0 Å². The summed E-state index contributed by atoms with van der Waals surface area (Å²) >= 11 is 5.16. The zero-order valence-electron chi connectivity index (χ0n) is 15.1. The van der Waals surface area contributed by atoms with Gasteiger partial charge in [-0.25, -0.2) is 4.68 Å². The van der Waals surface area contributed by atoms with Crippen molar-refractivity contribution >= 4 is 27.3 Å². The number of nitrogens with zero attached hydrogens (tertiary/aromatic N) is 4. The molecule has 5 nitrogen and oxygen atoms in total. The summed E-state index contributed by atoms with van der Waals surface area (Å²) in [5.41, 5.74) is -1.78. The number of alkyl halides is 3. The van der Waals surface area contributed by atoms with Gasteiger partial charge >= 0.3 is 6.18 Å². The number of hydrogen-bond donors (Lipinski definition) is 0. The summed E-state index contributed by atoms with van der Waals surface area (Å²) in [7, 11) is 0. The molecule has 2 aromatic heterocycles. The zero-order chi connectivity index (χ0) is 19.9. The second kappa shape index (κ2) is 7.89. The van der Waals surface area contributed by atoms with Gasteiger partial charge in [0.05, 0.1) is 16.1 Å². The van der Waals surface area contributed by atoms with E-state index in [0.717, 1.165) is 47.0 Å². The van der Waals surface area contributed by atoms with Gasteiger partial charge in [0.25, 0.3) is 5.56 Å². The molecule has 0 atom stereocenters. The highest BCUT2D eigenvalue weighted by Gasteiger charge is 2.37. The molecule has 2 aliphatic rings. The Bertz CT molecular complexity index is 901. The van der Waals surface area contributed by atoms with Crippen molar-refractivity contribution in [2.24, 2.45) is 0 Å². The molecule has 1 aliphatic carbocycles. The fourth-order valence-electron chi connectivity index (χ4n) is 3.38. The first-order valence-corrected chi connectivity index (χ1v) is 10.8. The number of piperazine rings is 1. The molecule has 1 aliphatic heterocycles. The third kappa shape index (κ3) is 4.67. The number of rotatable bonds is 5. The highest BCUT2D eigenvalue weighted by atomic mass is 79.9. The number of aromatic nitrogens is 2. The standard InChI is InChI=1S/C18H20BrF3N4OS/c19-16-4-3-13(28-16)10-24-5-7-25(8-6-24)11-26-17(27)14(18(20,21)22)9-15(23-26)12-1-2-12/h3-4,9,12H,1-2,5-8,10-11H2. The third-order valence-electron chi connectivity index (χ3n) is 5.10. The second-order valence-corrected chi connectivity index (χ2v) is 9.85. The van der Waals surface area contributed by atoms with Crippen molar-refractivity contribution in [1.82, 2.24) is 19.6 Å². The first-order valence-electron chi connectivity index (χ1n) is 9.18. The Labute approximate surface area is 172 Å². The van der Waals surface area contributed by atoms with Gasteiger partial charge in [-0.05, 0) is 47.0 Å². The first-order chi connectivity index (χ1) is 13.3. The van der Waals surface area contributed by atoms with Gasteiger partial charge < -0.3 is 0 Å². The Kier molecular flexibility index (Phi) is 5.65. The molecule has 0 spiro atoms. The average molecular weight is 477 g/mol. The smallest absolute Gasteiger partial charge is 0.296 e. The minimum absolute atomic E-state index is 0.0508. The van der Waals surface area contributed by atoms with Crippen LogP contribution in [0.3, 0.4) is 0 Å². The molecule has 1 saturated carbocycles. The van der Waals surface area contributed by atoms with E-state index in [2.05, 4.69) is 32.0 Å². The summed E-state index contributed by atoms with van der Waals surface area (Å²) in [4.78, 5) is 17.9. The van der Waals surface area contributed by atoms with Crippen LogP contribution >= 0.6 is 27.3 Å². The van der Waals surface area contributed by atoms with Crippen molar-refractivity contribution in [3.05, 3.63) is 48.5 Å². The molecule has 0 unspecified atom stereocenters. The van der Waals surface area contributed by atoms with Crippen molar-refractivity contribution in [1.29, 1.82) is 0 Å². The van der Waals surface area contributed by atoms with E-state index < -0.39 is 17.3 Å². The van der Waals surface area contributed by atoms with E-state index in [1.165, 1.54) is 4.88 Å². The molecule has 10 heteroatoms. The molecule has 28 heavy (non-hydrogen) atoms. The van der Waals surface area contributed by atoms with Crippen LogP contribution in [0.2, 0.25) is 0 Å². The largest absolute Gasteiger partial charge is 0.421 e. The van der Waals surface area contributed by atoms with Crippen molar-refractivity contribution < 1.29 is 13.2 Å². The molecule has 0 aromatic carbocycles. The van der Waals surface area contributed by atoms with Gasteiger partial charge in [0, 0.05) is 43.5 Å². The van der Waals surface area contributed by atoms with Crippen molar-refractivity contribution in [3.8, 4) is 0 Å². The molecule has 3 heterocycles. The van der Waals surface area contributed by atoms with Crippen molar-refractivity contribution in [3.63, 3.8) is 0 Å². The van der Waals surface area contributed by atoms with Gasteiger partial charge in [-0.15, -0.1) is 11.3 Å². The van der Waals surface area contributed by atoms with Gasteiger partial charge in [0.15, 0.2) is 0 Å². The summed E-state index contributed by atoms with van der Waals surface area (Å²) in [5, 5.41) is 4.24. The SMILES string of the molecule is O=c1c(C(F)(F)F)cc(C2CC2)nn1CN1CCN(Cc2ccc(Br)s2)CC1. The first kappa shape index (κ1) is 20.1. The van der Waals surface area contributed by atoms with Crippen molar-refractivity contribution in [2.75, 3.05) is 26.2 Å². The number of thiophene rings is 1. The Morgan fingerprint density at radius 2 is 1.82 bits per heavy atom. The van der Waals surface area contributed by atoms with E-state index in [4.69, 9.17) is 0 Å². The Balaban J connectivity index is 1.43. The predicted molar refractivity (Wildman–Crippen MR) is 104 cm³/mol. The fourth-order valence-corrected chi connectivity index (χ4v) is 4.90. The molecule has 152 valence electrons. The highest BCUT2D eigenvalue weighted by molar-refractivity contribution is 9.11. The normalized spacial score (nSPS) is 19.3. The van der Waals surface area contributed by atoms with Crippen molar-refractivity contribution in [2.45, 2.75) is 38.1 Å². The van der Waals surface area contributed by atoms with Gasteiger partial charge in [-0.2, -0.15) is 18.3 Å². The molecule has 2 aromatic rings. The van der Waals surface area contributed by atoms with E-state index in [0.29, 0.717) is 18.8 Å².